The molecular formula is C8H9ClN2O. The number of hydrogen-bond acceptors (Lipinski definition) is 1. The Kier molecular flexibility index (Phi) is 3.41. The molecule has 2 N–H and O–H groups in total. The maximum absolute atomic E-state index is 10.6. The summed E-state index contributed by atoms with van der Waals surface area (Å²) in [5.74, 6) is 0. The van der Waals surface area contributed by atoms with Gasteiger partial charge in [-0.05, 0) is 5.56 Å². The molecule has 1 aromatic rings. The molecule has 1 aromatic carbocycles. The topological polar surface area (TPSA) is 41.1 Å². The molecule has 0 aliphatic heterocycles. The molecule has 0 saturated heterocycles. The second-order valence-electron chi connectivity index (χ2n) is 2.26. The van der Waals surface area contributed by atoms with E-state index < -0.39 is 0 Å². The fraction of sp³-hybridized carbons (Fsp3) is 0.125. The molecule has 0 atom stereocenters. The average molecular weight is 185 g/mol. The van der Waals surface area contributed by atoms with Crippen LogP contribution in [0.5, 0.6) is 0 Å². The van der Waals surface area contributed by atoms with E-state index in [-0.39, 0.29) is 6.03 Å². The Labute approximate surface area is 75.8 Å². The molecule has 0 unspecified atom stereocenters. The van der Waals surface area contributed by atoms with Gasteiger partial charge >= 0.3 is 6.03 Å². The van der Waals surface area contributed by atoms with E-state index in [2.05, 4.69) is 5.32 Å². The molecule has 0 heterocycles. The van der Waals surface area contributed by atoms with E-state index in [9.17, 15) is 4.79 Å². The molecule has 0 spiro atoms. The zero-order valence-corrected chi connectivity index (χ0v) is 7.14. The molecule has 0 fully saturated rings. The van der Waals surface area contributed by atoms with E-state index in [0.29, 0.717) is 6.54 Å². The minimum Gasteiger partial charge on any atom is -0.333 e. The first-order valence-electron chi connectivity index (χ1n) is 3.51. The Bertz CT molecular complexity index is 250. The minimum absolute atomic E-state index is 0.388. The van der Waals surface area contributed by atoms with Crippen LogP contribution in [0.15, 0.2) is 30.3 Å². The number of carbonyl (C=O) groups is 1. The smallest absolute Gasteiger partial charge is 0.329 e. The van der Waals surface area contributed by atoms with Crippen molar-refractivity contribution in [1.82, 2.24) is 10.2 Å². The fourth-order valence-corrected chi connectivity index (χ4v) is 0.878. The first-order chi connectivity index (χ1) is 5.83. The van der Waals surface area contributed by atoms with Gasteiger partial charge < -0.3 is 5.32 Å². The number of nitrogens with one attached hydrogen (secondary N) is 2. The highest BCUT2D eigenvalue weighted by atomic mass is 35.5. The number of hydrogen-bond donors (Lipinski definition) is 2. The van der Waals surface area contributed by atoms with Crippen LogP contribution in [0, 0.1) is 0 Å². The summed E-state index contributed by atoms with van der Waals surface area (Å²) in [5, 5.41) is 2.57. The Morgan fingerprint density at radius 1 is 1.33 bits per heavy atom. The summed E-state index contributed by atoms with van der Waals surface area (Å²) < 4.78 is 0. The highest BCUT2D eigenvalue weighted by Crippen LogP contribution is 1.96. The Hall–Kier alpha value is -1.22. The van der Waals surface area contributed by atoms with Gasteiger partial charge in [-0.1, -0.05) is 30.3 Å². The van der Waals surface area contributed by atoms with Crippen LogP contribution >= 0.6 is 11.8 Å². The van der Waals surface area contributed by atoms with E-state index in [0.717, 1.165) is 5.56 Å². The highest BCUT2D eigenvalue weighted by Gasteiger charge is 1.95. The summed E-state index contributed by atoms with van der Waals surface area (Å²) in [4.78, 5) is 12.6. The van der Waals surface area contributed by atoms with Crippen molar-refractivity contribution < 1.29 is 4.79 Å². The maximum atomic E-state index is 10.6. The van der Waals surface area contributed by atoms with Gasteiger partial charge in [0.25, 0.3) is 0 Å². The van der Waals surface area contributed by atoms with Gasteiger partial charge in [0.15, 0.2) is 0 Å². The lowest BCUT2D eigenvalue weighted by atomic mass is 10.2. The molecular weight excluding hydrogens is 176 g/mol. The SMILES string of the molecule is O=C(NCl)NCc1ccccc1. The van der Waals surface area contributed by atoms with Gasteiger partial charge in [0, 0.05) is 18.3 Å². The van der Waals surface area contributed by atoms with Crippen molar-refractivity contribution in [3.05, 3.63) is 35.9 Å². The summed E-state index contributed by atoms with van der Waals surface area (Å²) in [7, 11) is 0. The molecule has 12 heavy (non-hydrogen) atoms. The van der Waals surface area contributed by atoms with E-state index in [1.165, 1.54) is 0 Å². The van der Waals surface area contributed by atoms with Crippen molar-refractivity contribution in [3.8, 4) is 0 Å². The third-order valence-electron chi connectivity index (χ3n) is 1.38. The monoisotopic (exact) mass is 184 g/mol. The lowest BCUT2D eigenvalue weighted by molar-refractivity contribution is 0.245. The lowest BCUT2D eigenvalue weighted by Gasteiger charge is -2.01. The van der Waals surface area contributed by atoms with E-state index in [1.54, 1.807) is 0 Å². The van der Waals surface area contributed by atoms with Crippen LogP contribution in [0.1, 0.15) is 5.56 Å². The van der Waals surface area contributed by atoms with Crippen LogP contribution < -0.4 is 10.2 Å². The van der Waals surface area contributed by atoms with E-state index in [4.69, 9.17) is 11.8 Å². The second-order valence-corrected chi connectivity index (χ2v) is 2.45. The molecule has 0 saturated carbocycles. The fourth-order valence-electron chi connectivity index (χ4n) is 0.812. The predicted molar refractivity (Wildman–Crippen MR) is 47.7 cm³/mol. The molecule has 0 radical (unpaired) electrons. The lowest BCUT2D eigenvalue weighted by Crippen LogP contribution is -2.29. The molecule has 0 bridgehead atoms. The average Bonchev–Trinajstić information content (AvgIpc) is 2.16. The molecule has 4 heteroatoms. The Balaban J connectivity index is 2.38. The van der Waals surface area contributed by atoms with E-state index in [1.807, 2.05) is 35.2 Å². The normalized spacial score (nSPS) is 9.08. The molecule has 2 amide bonds. The molecule has 0 aromatic heterocycles. The van der Waals surface area contributed by atoms with E-state index >= 15 is 0 Å². The Morgan fingerprint density at radius 3 is 2.58 bits per heavy atom. The van der Waals surface area contributed by atoms with Gasteiger partial charge in [-0.25, -0.2) is 9.63 Å². The van der Waals surface area contributed by atoms with Crippen molar-refractivity contribution in [2.45, 2.75) is 6.54 Å². The first-order valence-corrected chi connectivity index (χ1v) is 3.89. The van der Waals surface area contributed by atoms with Gasteiger partial charge in [-0.2, -0.15) is 0 Å². The van der Waals surface area contributed by atoms with Gasteiger partial charge in [-0.15, -0.1) is 0 Å². The Morgan fingerprint density at radius 2 is 2.00 bits per heavy atom. The number of benzene rings is 1. The third kappa shape index (κ3) is 2.80. The summed E-state index contributed by atoms with van der Waals surface area (Å²) in [5.41, 5.74) is 1.04. The van der Waals surface area contributed by atoms with Crippen molar-refractivity contribution in [3.63, 3.8) is 0 Å². The maximum Gasteiger partial charge on any atom is 0.329 e. The predicted octanol–water partition coefficient (Wildman–Crippen LogP) is 1.64. The first kappa shape index (κ1) is 8.87. The van der Waals surface area contributed by atoms with Crippen LogP contribution in [0.2, 0.25) is 0 Å². The van der Waals surface area contributed by atoms with Gasteiger partial charge in [0.2, 0.25) is 0 Å². The molecule has 0 aliphatic rings. The molecule has 0 aliphatic carbocycles. The van der Waals surface area contributed by atoms with Gasteiger partial charge in [0.05, 0.1) is 0 Å². The molecule has 64 valence electrons. The second kappa shape index (κ2) is 4.62. The number of amides is 2. The van der Waals surface area contributed by atoms with Crippen molar-refractivity contribution in [2.75, 3.05) is 0 Å². The van der Waals surface area contributed by atoms with Crippen LogP contribution in [0.4, 0.5) is 4.79 Å². The quantitative estimate of drug-likeness (QED) is 0.675. The minimum atomic E-state index is -0.388. The van der Waals surface area contributed by atoms with Gasteiger partial charge in [-0.3, -0.25) is 0 Å². The van der Waals surface area contributed by atoms with Crippen molar-refractivity contribution in [1.29, 1.82) is 0 Å². The van der Waals surface area contributed by atoms with Crippen LogP contribution in [-0.4, -0.2) is 6.03 Å². The van der Waals surface area contributed by atoms with Crippen molar-refractivity contribution in [2.24, 2.45) is 0 Å². The summed E-state index contributed by atoms with van der Waals surface area (Å²) in [6, 6.07) is 9.21. The number of urea groups is 1. The molecule has 1 rings (SSSR count). The van der Waals surface area contributed by atoms with Gasteiger partial charge in [0.1, 0.15) is 0 Å². The summed E-state index contributed by atoms with van der Waals surface area (Å²) >= 11 is 5.06. The van der Waals surface area contributed by atoms with Crippen LogP contribution in [0.25, 0.3) is 0 Å². The van der Waals surface area contributed by atoms with Crippen molar-refractivity contribution >= 4 is 17.8 Å². The third-order valence-corrected chi connectivity index (χ3v) is 1.55. The zero-order valence-electron chi connectivity index (χ0n) is 6.38. The largest absolute Gasteiger partial charge is 0.333 e. The number of halogens is 1. The summed E-state index contributed by atoms with van der Waals surface area (Å²) in [6.07, 6.45) is 0. The molecule has 3 nitrogen and oxygen atoms in total. The zero-order chi connectivity index (χ0) is 8.81. The number of carbonyl (C=O) groups excluding carboxylic acids is 1. The number of rotatable bonds is 2. The standard InChI is InChI=1S/C8H9ClN2O/c9-11-8(12)10-6-7-4-2-1-3-5-7/h1-5H,6H2,(H2,10,11,12). The highest BCUT2D eigenvalue weighted by molar-refractivity contribution is 6.21. The van der Waals surface area contributed by atoms with Crippen LogP contribution in [0.3, 0.4) is 0 Å². The summed E-state index contributed by atoms with van der Waals surface area (Å²) in [6.45, 7) is 0.486. The van der Waals surface area contributed by atoms with Crippen LogP contribution in [-0.2, 0) is 6.54 Å².